The zero-order chi connectivity index (χ0) is 22.5. The lowest BCUT2D eigenvalue weighted by Gasteiger charge is -2.15. The summed E-state index contributed by atoms with van der Waals surface area (Å²) < 4.78 is 10.6. The van der Waals surface area contributed by atoms with Crippen LogP contribution in [0.3, 0.4) is 0 Å². The Labute approximate surface area is 190 Å². The number of hydrogen-bond acceptors (Lipinski definition) is 5. The number of ether oxygens (including phenoxy) is 2. The second kappa shape index (κ2) is 9.72. The molecule has 32 heavy (non-hydrogen) atoms. The topological polar surface area (TPSA) is 88.7 Å². The largest absolute Gasteiger partial charge is 0.454 e. The zero-order valence-electron chi connectivity index (χ0n) is 17.4. The SMILES string of the molecule is C[C@H](NCC(=O)Nc1ccccc1C(=O)Nc1ccc2c(c1)OCO2)c1cccc(Cl)c1. The van der Waals surface area contributed by atoms with Gasteiger partial charge in [0.15, 0.2) is 11.5 Å². The summed E-state index contributed by atoms with van der Waals surface area (Å²) >= 11 is 6.03. The first kappa shape index (κ1) is 21.7. The Balaban J connectivity index is 1.38. The number of benzene rings is 3. The lowest BCUT2D eigenvalue weighted by atomic mass is 10.1. The summed E-state index contributed by atoms with van der Waals surface area (Å²) in [5, 5.41) is 9.43. The molecular formula is C24H22ClN3O4. The molecule has 2 amide bonds. The lowest BCUT2D eigenvalue weighted by Crippen LogP contribution is -2.30. The van der Waals surface area contributed by atoms with Gasteiger partial charge in [0.1, 0.15) is 0 Å². The summed E-state index contributed by atoms with van der Waals surface area (Å²) in [5.74, 6) is 0.599. The number of hydrogen-bond donors (Lipinski definition) is 3. The van der Waals surface area contributed by atoms with E-state index in [0.717, 1.165) is 5.56 Å². The average Bonchev–Trinajstić information content (AvgIpc) is 3.25. The smallest absolute Gasteiger partial charge is 0.257 e. The van der Waals surface area contributed by atoms with E-state index in [2.05, 4.69) is 16.0 Å². The fourth-order valence-electron chi connectivity index (χ4n) is 3.30. The van der Waals surface area contributed by atoms with E-state index in [4.69, 9.17) is 21.1 Å². The molecule has 0 aliphatic carbocycles. The van der Waals surface area contributed by atoms with E-state index in [0.29, 0.717) is 33.5 Å². The molecule has 1 atom stereocenters. The van der Waals surface area contributed by atoms with Gasteiger partial charge in [0.25, 0.3) is 5.91 Å². The van der Waals surface area contributed by atoms with Crippen molar-refractivity contribution in [2.75, 3.05) is 24.0 Å². The second-order valence-electron chi connectivity index (χ2n) is 7.27. The van der Waals surface area contributed by atoms with E-state index in [-0.39, 0.29) is 31.2 Å². The molecule has 0 radical (unpaired) electrons. The third kappa shape index (κ3) is 5.19. The van der Waals surface area contributed by atoms with Crippen LogP contribution in [0, 0.1) is 0 Å². The van der Waals surface area contributed by atoms with Gasteiger partial charge < -0.3 is 25.4 Å². The highest BCUT2D eigenvalue weighted by Crippen LogP contribution is 2.34. The van der Waals surface area contributed by atoms with Crippen LogP contribution in [0.25, 0.3) is 0 Å². The van der Waals surface area contributed by atoms with Crippen LogP contribution in [-0.4, -0.2) is 25.2 Å². The fraction of sp³-hybridized carbons (Fsp3) is 0.167. The summed E-state index contributed by atoms with van der Waals surface area (Å²) in [5.41, 5.74) is 2.32. The molecule has 1 aliphatic rings. The van der Waals surface area contributed by atoms with Crippen LogP contribution < -0.4 is 25.4 Å². The first-order valence-corrected chi connectivity index (χ1v) is 10.5. The fourth-order valence-corrected chi connectivity index (χ4v) is 3.50. The lowest BCUT2D eigenvalue weighted by molar-refractivity contribution is -0.115. The third-order valence-corrected chi connectivity index (χ3v) is 5.23. The van der Waals surface area contributed by atoms with Gasteiger partial charge in [-0.3, -0.25) is 9.59 Å². The molecule has 0 saturated carbocycles. The molecule has 0 fully saturated rings. The van der Waals surface area contributed by atoms with Crippen LogP contribution in [0.5, 0.6) is 11.5 Å². The average molecular weight is 452 g/mol. The Morgan fingerprint density at radius 1 is 0.969 bits per heavy atom. The van der Waals surface area contributed by atoms with Gasteiger partial charge in [0.05, 0.1) is 17.8 Å². The van der Waals surface area contributed by atoms with Gasteiger partial charge in [-0.1, -0.05) is 35.9 Å². The Bertz CT molecular complexity index is 1150. The molecular weight excluding hydrogens is 430 g/mol. The van der Waals surface area contributed by atoms with Gasteiger partial charge >= 0.3 is 0 Å². The van der Waals surface area contributed by atoms with Crippen molar-refractivity contribution in [1.29, 1.82) is 0 Å². The Morgan fingerprint density at radius 3 is 2.62 bits per heavy atom. The maximum absolute atomic E-state index is 12.8. The summed E-state index contributed by atoms with van der Waals surface area (Å²) in [6, 6.07) is 19.4. The van der Waals surface area contributed by atoms with Gasteiger partial charge in [-0.05, 0) is 48.9 Å². The van der Waals surface area contributed by atoms with E-state index in [1.165, 1.54) is 0 Å². The molecule has 0 bridgehead atoms. The van der Waals surface area contributed by atoms with Crippen LogP contribution in [-0.2, 0) is 4.79 Å². The highest BCUT2D eigenvalue weighted by molar-refractivity contribution is 6.30. The van der Waals surface area contributed by atoms with E-state index in [1.54, 1.807) is 48.5 Å². The molecule has 1 heterocycles. The maximum atomic E-state index is 12.8. The molecule has 0 aromatic heterocycles. The van der Waals surface area contributed by atoms with Crippen LogP contribution in [0.2, 0.25) is 5.02 Å². The monoisotopic (exact) mass is 451 g/mol. The Hall–Kier alpha value is -3.55. The highest BCUT2D eigenvalue weighted by atomic mass is 35.5. The van der Waals surface area contributed by atoms with Crippen molar-refractivity contribution in [1.82, 2.24) is 5.32 Å². The molecule has 3 aromatic rings. The molecule has 4 rings (SSSR count). The molecule has 0 saturated heterocycles. The van der Waals surface area contributed by atoms with Crippen molar-refractivity contribution >= 4 is 34.8 Å². The number of amides is 2. The van der Waals surface area contributed by atoms with Gasteiger partial charge in [-0.2, -0.15) is 0 Å². The van der Waals surface area contributed by atoms with E-state index >= 15 is 0 Å². The van der Waals surface area contributed by atoms with Crippen molar-refractivity contribution in [2.24, 2.45) is 0 Å². The van der Waals surface area contributed by atoms with Gasteiger partial charge in [0, 0.05) is 22.8 Å². The minimum Gasteiger partial charge on any atom is -0.454 e. The van der Waals surface area contributed by atoms with Gasteiger partial charge in [0.2, 0.25) is 12.7 Å². The normalized spacial score (nSPS) is 12.8. The van der Waals surface area contributed by atoms with Crippen molar-refractivity contribution < 1.29 is 19.1 Å². The van der Waals surface area contributed by atoms with Gasteiger partial charge in [-0.25, -0.2) is 0 Å². The summed E-state index contributed by atoms with van der Waals surface area (Å²) in [6.45, 7) is 2.18. The summed E-state index contributed by atoms with van der Waals surface area (Å²) in [7, 11) is 0. The molecule has 0 unspecified atom stereocenters. The number of fused-ring (bicyclic) bond motifs is 1. The summed E-state index contributed by atoms with van der Waals surface area (Å²) in [6.07, 6.45) is 0. The predicted octanol–water partition coefficient (Wildman–Crippen LogP) is 4.61. The second-order valence-corrected chi connectivity index (χ2v) is 7.71. The minimum absolute atomic E-state index is 0.0657. The number of carbonyl (C=O) groups is 2. The Morgan fingerprint density at radius 2 is 1.78 bits per heavy atom. The standard InChI is InChI=1S/C24H22ClN3O4/c1-15(16-5-4-6-17(25)11-16)26-13-23(29)28-20-8-3-2-7-19(20)24(30)27-18-9-10-21-22(12-18)32-14-31-21/h2-12,15,26H,13-14H2,1H3,(H,27,30)(H,28,29)/t15-/m0/s1. The highest BCUT2D eigenvalue weighted by Gasteiger charge is 2.17. The molecule has 0 spiro atoms. The third-order valence-electron chi connectivity index (χ3n) is 4.99. The molecule has 7 nitrogen and oxygen atoms in total. The quantitative estimate of drug-likeness (QED) is 0.488. The van der Waals surface area contributed by atoms with Crippen LogP contribution >= 0.6 is 11.6 Å². The maximum Gasteiger partial charge on any atom is 0.257 e. The molecule has 1 aliphatic heterocycles. The number of carbonyl (C=O) groups excluding carboxylic acids is 2. The van der Waals surface area contributed by atoms with Crippen molar-refractivity contribution in [3.8, 4) is 11.5 Å². The summed E-state index contributed by atoms with van der Waals surface area (Å²) in [4.78, 5) is 25.4. The minimum atomic E-state index is -0.347. The molecule has 3 N–H and O–H groups in total. The first-order valence-electron chi connectivity index (χ1n) is 10.1. The van der Waals surface area contributed by atoms with Crippen LogP contribution in [0.1, 0.15) is 28.9 Å². The predicted molar refractivity (Wildman–Crippen MR) is 123 cm³/mol. The number of anilines is 2. The van der Waals surface area contributed by atoms with Crippen LogP contribution in [0.4, 0.5) is 11.4 Å². The molecule has 8 heteroatoms. The molecule has 3 aromatic carbocycles. The number of nitrogens with one attached hydrogen (secondary N) is 3. The van der Waals surface area contributed by atoms with E-state index in [9.17, 15) is 9.59 Å². The van der Waals surface area contributed by atoms with Crippen molar-refractivity contribution in [3.05, 3.63) is 82.9 Å². The van der Waals surface area contributed by atoms with Crippen molar-refractivity contribution in [3.63, 3.8) is 0 Å². The molecule has 164 valence electrons. The number of para-hydroxylation sites is 1. The van der Waals surface area contributed by atoms with E-state index < -0.39 is 0 Å². The van der Waals surface area contributed by atoms with Gasteiger partial charge in [-0.15, -0.1) is 0 Å². The van der Waals surface area contributed by atoms with E-state index in [1.807, 2.05) is 25.1 Å². The van der Waals surface area contributed by atoms with Crippen LogP contribution in [0.15, 0.2) is 66.7 Å². The number of rotatable bonds is 7. The first-order chi connectivity index (χ1) is 15.5. The van der Waals surface area contributed by atoms with Crippen molar-refractivity contribution in [2.45, 2.75) is 13.0 Å². The zero-order valence-corrected chi connectivity index (χ0v) is 18.1. The number of halogens is 1. The Kier molecular flexibility index (Phi) is 6.58.